The van der Waals surface area contributed by atoms with Crippen molar-refractivity contribution in [1.29, 1.82) is 0 Å². The first-order valence-electron chi connectivity index (χ1n) is 5.11. The molecule has 0 spiro atoms. The van der Waals surface area contributed by atoms with Crippen LogP contribution in [0.4, 0.5) is 0 Å². The van der Waals surface area contributed by atoms with Crippen LogP contribution in [0, 0.1) is 0 Å². The third kappa shape index (κ3) is 2.58. The standard InChI is InChI=1S/C14H10O3/c15-13(14(16)17)8-6-10-5-7-11-3-1-2-4-12(11)9-10/h1-9H,(H,16,17)/b8-6+. The molecule has 0 aliphatic carbocycles. The second-order valence-corrected chi connectivity index (χ2v) is 3.61. The van der Waals surface area contributed by atoms with Gasteiger partial charge in [-0.2, -0.15) is 0 Å². The first kappa shape index (κ1) is 11.1. The van der Waals surface area contributed by atoms with Crippen molar-refractivity contribution in [2.24, 2.45) is 0 Å². The molecule has 0 aliphatic heterocycles. The van der Waals surface area contributed by atoms with Gasteiger partial charge >= 0.3 is 5.97 Å². The van der Waals surface area contributed by atoms with E-state index in [9.17, 15) is 9.59 Å². The highest BCUT2D eigenvalue weighted by Gasteiger charge is 2.05. The Bertz CT molecular complexity index is 612. The lowest BCUT2D eigenvalue weighted by atomic mass is 10.1. The van der Waals surface area contributed by atoms with Gasteiger partial charge in [0.25, 0.3) is 5.78 Å². The van der Waals surface area contributed by atoms with Crippen LogP contribution in [-0.4, -0.2) is 16.9 Å². The highest BCUT2D eigenvalue weighted by Crippen LogP contribution is 2.16. The Morgan fingerprint density at radius 1 is 1.00 bits per heavy atom. The maximum Gasteiger partial charge on any atom is 0.376 e. The van der Waals surface area contributed by atoms with Crippen LogP contribution < -0.4 is 0 Å². The lowest BCUT2D eigenvalue weighted by Crippen LogP contribution is -2.08. The second kappa shape index (κ2) is 4.61. The fraction of sp³-hybridized carbons (Fsp3) is 0. The number of carboxylic acids is 1. The lowest BCUT2D eigenvalue weighted by molar-refractivity contribution is -0.146. The molecule has 0 heterocycles. The summed E-state index contributed by atoms with van der Waals surface area (Å²) in [6, 6.07) is 13.5. The minimum absolute atomic E-state index is 0.804. The molecule has 0 bridgehead atoms. The van der Waals surface area contributed by atoms with E-state index in [0.29, 0.717) is 0 Å². The minimum atomic E-state index is -1.44. The molecular weight excluding hydrogens is 216 g/mol. The predicted molar refractivity (Wildman–Crippen MR) is 65.6 cm³/mol. The summed E-state index contributed by atoms with van der Waals surface area (Å²) in [5.74, 6) is -2.36. The van der Waals surface area contributed by atoms with Crippen LogP contribution in [-0.2, 0) is 9.59 Å². The van der Waals surface area contributed by atoms with Crippen molar-refractivity contribution in [2.75, 3.05) is 0 Å². The highest BCUT2D eigenvalue weighted by molar-refractivity contribution is 6.38. The number of ketones is 1. The molecule has 2 rings (SSSR count). The zero-order chi connectivity index (χ0) is 12.3. The Kier molecular flexibility index (Phi) is 3.01. The molecule has 3 nitrogen and oxygen atoms in total. The summed E-state index contributed by atoms with van der Waals surface area (Å²) < 4.78 is 0. The lowest BCUT2D eigenvalue weighted by Gasteiger charge is -1.98. The molecule has 0 saturated carbocycles. The van der Waals surface area contributed by atoms with Gasteiger partial charge in [0, 0.05) is 0 Å². The average Bonchev–Trinajstić information content (AvgIpc) is 2.35. The molecule has 84 valence electrons. The summed E-state index contributed by atoms with van der Waals surface area (Å²) in [6.45, 7) is 0. The number of carbonyl (C=O) groups excluding carboxylic acids is 1. The Labute approximate surface area is 98.0 Å². The van der Waals surface area contributed by atoms with Gasteiger partial charge in [-0.05, 0) is 28.5 Å². The number of fused-ring (bicyclic) bond motifs is 1. The predicted octanol–water partition coefficient (Wildman–Crippen LogP) is 2.51. The molecule has 2 aromatic carbocycles. The Morgan fingerprint density at radius 2 is 1.71 bits per heavy atom. The van der Waals surface area contributed by atoms with E-state index in [-0.39, 0.29) is 0 Å². The summed E-state index contributed by atoms with van der Waals surface area (Å²) in [7, 11) is 0. The third-order valence-corrected chi connectivity index (χ3v) is 2.41. The number of hydrogen-bond acceptors (Lipinski definition) is 2. The van der Waals surface area contributed by atoms with Crippen LogP contribution in [0.5, 0.6) is 0 Å². The number of carboxylic acid groups (broad SMARTS) is 1. The van der Waals surface area contributed by atoms with E-state index in [0.717, 1.165) is 22.4 Å². The Hall–Kier alpha value is -2.42. The Balaban J connectivity index is 2.31. The van der Waals surface area contributed by atoms with Crippen molar-refractivity contribution in [3.63, 3.8) is 0 Å². The number of rotatable bonds is 3. The van der Waals surface area contributed by atoms with Crippen molar-refractivity contribution in [2.45, 2.75) is 0 Å². The monoisotopic (exact) mass is 226 g/mol. The fourth-order valence-corrected chi connectivity index (χ4v) is 1.55. The molecule has 2 aromatic rings. The SMILES string of the molecule is O=C(O)C(=O)/C=C/c1ccc2ccccc2c1. The fourth-order valence-electron chi connectivity index (χ4n) is 1.55. The quantitative estimate of drug-likeness (QED) is 0.646. The van der Waals surface area contributed by atoms with Gasteiger partial charge < -0.3 is 5.11 Å². The van der Waals surface area contributed by atoms with E-state index >= 15 is 0 Å². The number of benzene rings is 2. The molecule has 0 atom stereocenters. The third-order valence-electron chi connectivity index (χ3n) is 2.41. The highest BCUT2D eigenvalue weighted by atomic mass is 16.4. The molecule has 0 fully saturated rings. The molecule has 0 aliphatic rings. The van der Waals surface area contributed by atoms with E-state index < -0.39 is 11.8 Å². The normalized spacial score (nSPS) is 10.8. The van der Waals surface area contributed by atoms with E-state index in [1.54, 1.807) is 0 Å². The van der Waals surface area contributed by atoms with Crippen LogP contribution in [0.1, 0.15) is 5.56 Å². The van der Waals surface area contributed by atoms with Crippen LogP contribution >= 0.6 is 0 Å². The van der Waals surface area contributed by atoms with E-state index in [1.165, 1.54) is 6.08 Å². The largest absolute Gasteiger partial charge is 0.475 e. The van der Waals surface area contributed by atoms with Crippen molar-refractivity contribution in [1.82, 2.24) is 0 Å². The van der Waals surface area contributed by atoms with Crippen molar-refractivity contribution >= 4 is 28.6 Å². The van der Waals surface area contributed by atoms with Crippen LogP contribution in [0.25, 0.3) is 16.8 Å². The first-order chi connectivity index (χ1) is 8.16. The van der Waals surface area contributed by atoms with Gasteiger partial charge in [-0.3, -0.25) is 4.79 Å². The summed E-state index contributed by atoms with van der Waals surface area (Å²) in [5.41, 5.74) is 0.804. The molecule has 3 heteroatoms. The van der Waals surface area contributed by atoms with Gasteiger partial charge in [0.05, 0.1) is 0 Å². The molecule has 0 aromatic heterocycles. The maximum atomic E-state index is 10.9. The maximum absolute atomic E-state index is 10.9. The summed E-state index contributed by atoms with van der Waals surface area (Å²) in [4.78, 5) is 21.2. The molecule has 0 unspecified atom stereocenters. The molecule has 0 amide bonds. The summed E-state index contributed by atoms with van der Waals surface area (Å²) in [6.07, 6.45) is 2.56. The van der Waals surface area contributed by atoms with Crippen molar-refractivity contribution < 1.29 is 14.7 Å². The summed E-state index contributed by atoms with van der Waals surface area (Å²) >= 11 is 0. The van der Waals surface area contributed by atoms with Gasteiger partial charge in [0.1, 0.15) is 0 Å². The number of carbonyl (C=O) groups is 2. The average molecular weight is 226 g/mol. The smallest absolute Gasteiger partial charge is 0.376 e. The van der Waals surface area contributed by atoms with E-state index in [2.05, 4.69) is 0 Å². The zero-order valence-corrected chi connectivity index (χ0v) is 8.96. The second-order valence-electron chi connectivity index (χ2n) is 3.61. The van der Waals surface area contributed by atoms with Crippen molar-refractivity contribution in [3.05, 3.63) is 54.1 Å². The molecule has 0 radical (unpaired) electrons. The summed E-state index contributed by atoms with van der Waals surface area (Å²) in [5, 5.41) is 10.6. The van der Waals surface area contributed by atoms with Gasteiger partial charge in [0.15, 0.2) is 0 Å². The van der Waals surface area contributed by atoms with E-state index in [4.69, 9.17) is 5.11 Å². The van der Waals surface area contributed by atoms with Gasteiger partial charge in [-0.15, -0.1) is 0 Å². The van der Waals surface area contributed by atoms with Gasteiger partial charge in [-0.1, -0.05) is 42.5 Å². The van der Waals surface area contributed by atoms with Crippen molar-refractivity contribution in [3.8, 4) is 0 Å². The molecule has 1 N–H and O–H groups in total. The topological polar surface area (TPSA) is 54.4 Å². The number of hydrogen-bond donors (Lipinski definition) is 1. The molecular formula is C14H10O3. The van der Waals surface area contributed by atoms with Crippen LogP contribution in [0.3, 0.4) is 0 Å². The van der Waals surface area contributed by atoms with Crippen LogP contribution in [0.15, 0.2) is 48.5 Å². The van der Waals surface area contributed by atoms with E-state index in [1.807, 2.05) is 42.5 Å². The number of aliphatic carboxylic acids is 1. The van der Waals surface area contributed by atoms with Gasteiger partial charge in [-0.25, -0.2) is 4.79 Å². The minimum Gasteiger partial charge on any atom is -0.475 e. The van der Waals surface area contributed by atoms with Crippen LogP contribution in [0.2, 0.25) is 0 Å². The zero-order valence-electron chi connectivity index (χ0n) is 8.96. The molecule has 17 heavy (non-hydrogen) atoms. The Morgan fingerprint density at radius 3 is 2.41 bits per heavy atom. The molecule has 0 saturated heterocycles. The van der Waals surface area contributed by atoms with Gasteiger partial charge in [0.2, 0.25) is 0 Å². The first-order valence-corrected chi connectivity index (χ1v) is 5.11.